The lowest BCUT2D eigenvalue weighted by Crippen LogP contribution is -2.35. The number of benzene rings is 1. The smallest absolute Gasteiger partial charge is 0.227 e. The molecule has 1 aliphatic heterocycles. The third-order valence-corrected chi connectivity index (χ3v) is 6.11. The molecule has 1 heterocycles. The van der Waals surface area contributed by atoms with Crippen LogP contribution < -0.4 is 11.1 Å². The maximum atomic E-state index is 13.3. The van der Waals surface area contributed by atoms with Gasteiger partial charge in [-0.2, -0.15) is 0 Å². The number of amides is 2. The van der Waals surface area contributed by atoms with Gasteiger partial charge in [-0.25, -0.2) is 0 Å². The van der Waals surface area contributed by atoms with Gasteiger partial charge in [0.15, 0.2) is 5.78 Å². The molecule has 7 nitrogen and oxygen atoms in total. The van der Waals surface area contributed by atoms with Crippen LogP contribution in [0.1, 0.15) is 30.1 Å². The van der Waals surface area contributed by atoms with Gasteiger partial charge in [-0.15, -0.1) is 0 Å². The lowest BCUT2D eigenvalue weighted by atomic mass is 9.91. The number of hydrogen-bond donors (Lipinski definition) is 2. The summed E-state index contributed by atoms with van der Waals surface area (Å²) in [6.45, 7) is 3.65. The largest absolute Gasteiger partial charge is 0.398 e. The van der Waals surface area contributed by atoms with Crippen molar-refractivity contribution in [2.45, 2.75) is 19.8 Å². The van der Waals surface area contributed by atoms with Crippen molar-refractivity contribution in [3.05, 3.63) is 29.8 Å². The molecule has 1 saturated carbocycles. The average Bonchev–Trinajstić information content (AvgIpc) is 3.33. The number of nitrogens with one attached hydrogen (secondary N) is 1. The third kappa shape index (κ3) is 3.63. The minimum absolute atomic E-state index is 0.212. The molecule has 0 spiro atoms. The standard InChI is InChI=1S/C21H29N3O4/c1-21(18(25)14-6-4-5-7-15(14)22)16(17(21)20(27)24(2)3)19(26)23-12-13-8-10-28-11-9-13/h4-7,13,16-17H,8-12,22H2,1-3H3,(H,23,26)/t16-,17+,21+/m0/s1. The fourth-order valence-corrected chi connectivity index (χ4v) is 4.20. The molecule has 2 amide bonds. The number of nitrogens with two attached hydrogens (primary N) is 1. The molecule has 3 N–H and O–H groups in total. The van der Waals surface area contributed by atoms with Crippen LogP contribution in [0.5, 0.6) is 0 Å². The molecule has 1 aliphatic carbocycles. The highest BCUT2D eigenvalue weighted by Crippen LogP contribution is 2.61. The van der Waals surface area contributed by atoms with Crippen molar-refractivity contribution >= 4 is 23.3 Å². The summed E-state index contributed by atoms with van der Waals surface area (Å²) in [7, 11) is 3.28. The Balaban J connectivity index is 1.79. The van der Waals surface area contributed by atoms with Crippen LogP contribution in [0.25, 0.3) is 0 Å². The number of carbonyl (C=O) groups is 3. The first-order chi connectivity index (χ1) is 13.3. The molecule has 1 aromatic carbocycles. The van der Waals surface area contributed by atoms with E-state index in [0.717, 1.165) is 12.8 Å². The Morgan fingerprint density at radius 3 is 2.43 bits per heavy atom. The summed E-state index contributed by atoms with van der Waals surface area (Å²) >= 11 is 0. The Morgan fingerprint density at radius 2 is 1.82 bits per heavy atom. The second-order valence-electron chi connectivity index (χ2n) is 8.19. The number of ether oxygens (including phenoxy) is 1. The van der Waals surface area contributed by atoms with E-state index >= 15 is 0 Å². The highest BCUT2D eigenvalue weighted by Gasteiger charge is 2.72. The van der Waals surface area contributed by atoms with E-state index in [2.05, 4.69) is 5.32 Å². The summed E-state index contributed by atoms with van der Waals surface area (Å²) in [5, 5.41) is 2.97. The van der Waals surface area contributed by atoms with Crippen LogP contribution in [-0.2, 0) is 14.3 Å². The predicted molar refractivity (Wildman–Crippen MR) is 106 cm³/mol. The van der Waals surface area contributed by atoms with E-state index in [1.807, 2.05) is 0 Å². The average molecular weight is 387 g/mol. The second-order valence-corrected chi connectivity index (χ2v) is 8.19. The second kappa shape index (κ2) is 7.91. The molecule has 2 fully saturated rings. The Morgan fingerprint density at radius 1 is 1.18 bits per heavy atom. The van der Waals surface area contributed by atoms with E-state index in [-0.39, 0.29) is 17.6 Å². The van der Waals surface area contributed by atoms with E-state index in [4.69, 9.17) is 10.5 Å². The van der Waals surface area contributed by atoms with Crippen LogP contribution in [0.3, 0.4) is 0 Å². The molecule has 0 unspecified atom stereocenters. The van der Waals surface area contributed by atoms with Crippen molar-refractivity contribution in [2.75, 3.05) is 39.6 Å². The molecule has 152 valence electrons. The SMILES string of the molecule is CN(C)C(=O)[C@H]1[C@@H](C(=O)NCC2CCOCC2)[C@@]1(C)C(=O)c1ccccc1N. The summed E-state index contributed by atoms with van der Waals surface area (Å²) in [4.78, 5) is 40.3. The number of Topliss-reactive ketones (excluding diaryl/α,β-unsaturated/α-hetero) is 1. The molecule has 1 saturated heterocycles. The Labute approximate surface area is 165 Å². The Kier molecular flexibility index (Phi) is 5.74. The Hall–Kier alpha value is -2.41. The highest BCUT2D eigenvalue weighted by atomic mass is 16.5. The third-order valence-electron chi connectivity index (χ3n) is 6.11. The first kappa shape index (κ1) is 20.3. The number of carbonyl (C=O) groups excluding carboxylic acids is 3. The van der Waals surface area contributed by atoms with Crippen LogP contribution in [0.4, 0.5) is 5.69 Å². The molecule has 0 bridgehead atoms. The molecule has 3 rings (SSSR count). The fourth-order valence-electron chi connectivity index (χ4n) is 4.20. The van der Waals surface area contributed by atoms with Gasteiger partial charge in [0.25, 0.3) is 0 Å². The molecule has 3 atom stereocenters. The number of nitrogens with zero attached hydrogens (tertiary/aromatic N) is 1. The molecular weight excluding hydrogens is 358 g/mol. The van der Waals surface area contributed by atoms with Crippen LogP contribution in [-0.4, -0.2) is 56.4 Å². The van der Waals surface area contributed by atoms with Crippen molar-refractivity contribution < 1.29 is 19.1 Å². The molecule has 0 radical (unpaired) electrons. The number of rotatable bonds is 6. The van der Waals surface area contributed by atoms with Crippen molar-refractivity contribution in [3.8, 4) is 0 Å². The predicted octanol–water partition coefficient (Wildman–Crippen LogP) is 1.33. The lowest BCUT2D eigenvalue weighted by molar-refractivity contribution is -0.132. The fraction of sp³-hybridized carbons (Fsp3) is 0.571. The molecule has 1 aromatic rings. The first-order valence-corrected chi connectivity index (χ1v) is 9.74. The zero-order valence-electron chi connectivity index (χ0n) is 16.7. The number of para-hydroxylation sites is 1. The van der Waals surface area contributed by atoms with Crippen molar-refractivity contribution in [2.24, 2.45) is 23.2 Å². The normalized spacial score (nSPS) is 27.1. The van der Waals surface area contributed by atoms with Crippen LogP contribution >= 0.6 is 0 Å². The summed E-state index contributed by atoms with van der Waals surface area (Å²) < 4.78 is 5.35. The number of nitrogen functional groups attached to an aromatic ring is 1. The highest BCUT2D eigenvalue weighted by molar-refractivity contribution is 6.13. The number of hydrogen-bond acceptors (Lipinski definition) is 5. The van der Waals surface area contributed by atoms with Crippen LogP contribution in [0.15, 0.2) is 24.3 Å². The van der Waals surface area contributed by atoms with E-state index in [9.17, 15) is 14.4 Å². The van der Waals surface area contributed by atoms with E-state index in [0.29, 0.717) is 36.9 Å². The number of anilines is 1. The van der Waals surface area contributed by atoms with Gasteiger partial charge >= 0.3 is 0 Å². The van der Waals surface area contributed by atoms with Gasteiger partial charge in [0.05, 0.1) is 17.3 Å². The minimum Gasteiger partial charge on any atom is -0.398 e. The van der Waals surface area contributed by atoms with Gasteiger partial charge < -0.3 is 20.7 Å². The van der Waals surface area contributed by atoms with Crippen molar-refractivity contribution in [1.82, 2.24) is 10.2 Å². The van der Waals surface area contributed by atoms with E-state index in [1.54, 1.807) is 45.3 Å². The molecule has 28 heavy (non-hydrogen) atoms. The van der Waals surface area contributed by atoms with Gasteiger partial charge in [0, 0.05) is 45.1 Å². The Bertz CT molecular complexity index is 773. The summed E-state index contributed by atoms with van der Waals surface area (Å²) in [5.74, 6) is -1.70. The molecular formula is C21H29N3O4. The van der Waals surface area contributed by atoms with Crippen LogP contribution in [0.2, 0.25) is 0 Å². The molecule has 0 aromatic heterocycles. The summed E-state index contributed by atoms with van der Waals surface area (Å²) in [5.41, 5.74) is 5.61. The summed E-state index contributed by atoms with van der Waals surface area (Å²) in [6, 6.07) is 6.79. The van der Waals surface area contributed by atoms with Crippen LogP contribution in [0, 0.1) is 23.2 Å². The topological polar surface area (TPSA) is 102 Å². The van der Waals surface area contributed by atoms with E-state index < -0.39 is 17.3 Å². The maximum Gasteiger partial charge on any atom is 0.227 e. The van der Waals surface area contributed by atoms with Gasteiger partial charge in [0.1, 0.15) is 0 Å². The molecule has 2 aliphatic rings. The first-order valence-electron chi connectivity index (χ1n) is 9.74. The van der Waals surface area contributed by atoms with Gasteiger partial charge in [-0.1, -0.05) is 19.1 Å². The van der Waals surface area contributed by atoms with Gasteiger partial charge in [0.2, 0.25) is 11.8 Å². The van der Waals surface area contributed by atoms with E-state index in [1.165, 1.54) is 4.90 Å². The zero-order valence-corrected chi connectivity index (χ0v) is 16.7. The monoisotopic (exact) mass is 387 g/mol. The van der Waals surface area contributed by atoms with Crippen molar-refractivity contribution in [3.63, 3.8) is 0 Å². The quantitative estimate of drug-likeness (QED) is 0.566. The minimum atomic E-state index is -1.09. The summed E-state index contributed by atoms with van der Waals surface area (Å²) in [6.07, 6.45) is 1.81. The number of ketones is 1. The van der Waals surface area contributed by atoms with Gasteiger partial charge in [-0.05, 0) is 30.9 Å². The van der Waals surface area contributed by atoms with Gasteiger partial charge in [-0.3, -0.25) is 14.4 Å². The zero-order chi connectivity index (χ0) is 20.5. The maximum absolute atomic E-state index is 13.3. The molecule has 7 heteroatoms. The van der Waals surface area contributed by atoms with Crippen molar-refractivity contribution in [1.29, 1.82) is 0 Å². The lowest BCUT2D eigenvalue weighted by Gasteiger charge is -2.22.